The van der Waals surface area contributed by atoms with Gasteiger partial charge in [0.05, 0.1) is 34.8 Å². The molecule has 4 aromatic rings. The summed E-state index contributed by atoms with van der Waals surface area (Å²) in [6.07, 6.45) is 5.03. The van der Waals surface area contributed by atoms with E-state index in [1.54, 1.807) is 23.3 Å². The number of cyclic esters (lactones) is 1. The van der Waals surface area contributed by atoms with Crippen LogP contribution >= 0.6 is 11.3 Å². The lowest BCUT2D eigenvalue weighted by molar-refractivity contribution is -0.171. The first-order chi connectivity index (χ1) is 26.2. The van der Waals surface area contributed by atoms with Gasteiger partial charge in [0.15, 0.2) is 0 Å². The first-order valence-electron chi connectivity index (χ1n) is 19.5. The Morgan fingerprint density at radius 1 is 1.22 bits per heavy atom. The van der Waals surface area contributed by atoms with Crippen LogP contribution in [-0.4, -0.2) is 74.7 Å². The average molecular weight is 767 g/mol. The van der Waals surface area contributed by atoms with Gasteiger partial charge in [-0.2, -0.15) is 0 Å². The molecule has 1 saturated carbocycles. The largest absolute Gasteiger partial charge is 0.464 e. The SMILES string of the molecule is C=CN1[C@H]2CCCN1C(=O)[C@@H](NC(=O)[C@H]1[C@H](C)C1(C)C)Cc1nc(cs1)-c1ccc3c(c1)c(c(-c1cccnc1[C@H](C)OC)n3CC)CC(C)(C)COC2=O. The summed E-state index contributed by atoms with van der Waals surface area (Å²) in [4.78, 5) is 52.1. The number of carbonyl (C=O) groups excluding carboxylic acids is 3. The number of pyridine rings is 1. The van der Waals surface area contributed by atoms with E-state index >= 15 is 0 Å². The molecule has 5 heterocycles. The van der Waals surface area contributed by atoms with Gasteiger partial charge in [0.1, 0.15) is 12.1 Å². The summed E-state index contributed by atoms with van der Waals surface area (Å²) in [5, 5.41) is 10.1. The minimum Gasteiger partial charge on any atom is -0.464 e. The summed E-state index contributed by atoms with van der Waals surface area (Å²) in [5.41, 5.74) is 6.29. The molecule has 2 amide bonds. The Hall–Kier alpha value is -4.55. The highest BCUT2D eigenvalue weighted by Crippen LogP contribution is 2.58. The smallest absolute Gasteiger partial charge is 0.330 e. The van der Waals surface area contributed by atoms with Crippen molar-refractivity contribution in [2.45, 2.75) is 98.9 Å². The average Bonchev–Trinajstić information content (AvgIpc) is 3.47. The molecule has 2 aliphatic heterocycles. The van der Waals surface area contributed by atoms with Crippen molar-refractivity contribution in [2.24, 2.45) is 22.7 Å². The fourth-order valence-electron chi connectivity index (χ4n) is 8.68. The van der Waals surface area contributed by atoms with Crippen LogP contribution in [0.1, 0.15) is 83.7 Å². The Morgan fingerprint density at radius 3 is 2.67 bits per heavy atom. The first kappa shape index (κ1) is 38.7. The Kier molecular flexibility index (Phi) is 10.4. The van der Waals surface area contributed by atoms with Crippen molar-refractivity contribution in [3.05, 3.63) is 71.0 Å². The molecule has 1 N–H and O–H groups in total. The van der Waals surface area contributed by atoms with Gasteiger partial charge >= 0.3 is 5.97 Å². The third-order valence-corrected chi connectivity index (χ3v) is 13.1. The molecule has 7 rings (SSSR count). The highest BCUT2D eigenvalue weighted by atomic mass is 32.1. The van der Waals surface area contributed by atoms with Crippen LogP contribution in [0.3, 0.4) is 0 Å². The van der Waals surface area contributed by atoms with E-state index in [9.17, 15) is 14.4 Å². The number of aromatic nitrogens is 3. The van der Waals surface area contributed by atoms with Crippen LogP contribution in [0, 0.1) is 22.7 Å². The molecule has 6 bridgehead atoms. The van der Waals surface area contributed by atoms with Gasteiger partial charge in [-0.25, -0.2) is 9.78 Å². The summed E-state index contributed by atoms with van der Waals surface area (Å²) in [7, 11) is 1.70. The van der Waals surface area contributed by atoms with Crippen molar-refractivity contribution < 1.29 is 23.9 Å². The molecule has 292 valence electrons. The van der Waals surface area contributed by atoms with E-state index in [-0.39, 0.29) is 48.2 Å². The maximum Gasteiger partial charge on any atom is 0.330 e. The number of fused-ring (bicyclic) bond motifs is 6. The van der Waals surface area contributed by atoms with E-state index in [1.807, 2.05) is 18.4 Å². The second kappa shape index (κ2) is 14.8. The van der Waals surface area contributed by atoms with Crippen LogP contribution in [0.25, 0.3) is 33.4 Å². The van der Waals surface area contributed by atoms with E-state index in [0.29, 0.717) is 25.8 Å². The summed E-state index contributed by atoms with van der Waals surface area (Å²) >= 11 is 1.48. The van der Waals surface area contributed by atoms with Crippen molar-refractivity contribution in [1.82, 2.24) is 29.9 Å². The fraction of sp³-hybridized carbons (Fsp3) is 0.512. The Labute approximate surface area is 328 Å². The molecular weight excluding hydrogens is 713 g/mol. The van der Waals surface area contributed by atoms with E-state index < -0.39 is 23.5 Å². The van der Waals surface area contributed by atoms with Crippen LogP contribution < -0.4 is 5.32 Å². The van der Waals surface area contributed by atoms with Crippen molar-refractivity contribution in [3.8, 4) is 22.5 Å². The normalized spacial score (nSPS) is 24.2. The molecule has 12 heteroatoms. The zero-order chi connectivity index (χ0) is 39.4. The van der Waals surface area contributed by atoms with Gasteiger partial charge in [-0.05, 0) is 74.3 Å². The van der Waals surface area contributed by atoms with Crippen LogP contribution in [0.4, 0.5) is 0 Å². The molecular formula is C43H54N6O5S. The lowest BCUT2D eigenvalue weighted by Crippen LogP contribution is -2.60. The molecule has 0 unspecified atom stereocenters. The highest BCUT2D eigenvalue weighted by molar-refractivity contribution is 7.10. The van der Waals surface area contributed by atoms with Gasteiger partial charge in [-0.15, -0.1) is 11.3 Å². The van der Waals surface area contributed by atoms with Gasteiger partial charge < -0.3 is 19.4 Å². The standard InChI is InChI=1S/C43H54N6O5S/c1-10-47-33-17-16-27-20-29(33)30(38(47)28-14-12-18-44-37(28)26(4)53-9)22-42(5,6)24-54-41(52)34-15-13-19-49(48(34)11-2)40(51)31(21-35-45-32(27)23-55-35)46-39(50)36-25(3)43(36,7)8/h11-12,14,16-18,20,23,25-26,31,34,36H,2,10,13,15,19,21-22,24H2,1,3-9H3,(H,46,50)/t25-,26-,31-,34-,36+/m0/s1. The van der Waals surface area contributed by atoms with E-state index in [0.717, 1.165) is 56.2 Å². The van der Waals surface area contributed by atoms with E-state index in [2.05, 4.69) is 82.3 Å². The zero-order valence-electron chi connectivity index (χ0n) is 33.3. The summed E-state index contributed by atoms with van der Waals surface area (Å²) in [6, 6.07) is 8.93. The predicted octanol–water partition coefficient (Wildman–Crippen LogP) is 7.35. The molecule has 3 aromatic heterocycles. The van der Waals surface area contributed by atoms with Crippen LogP contribution in [-0.2, 0) is 43.2 Å². The number of rotatable bonds is 7. The minimum absolute atomic E-state index is 0.138. The minimum atomic E-state index is -0.886. The lowest BCUT2D eigenvalue weighted by Gasteiger charge is -2.43. The Morgan fingerprint density at radius 2 is 1.98 bits per heavy atom. The number of carbonyl (C=O) groups is 3. The number of thiazole rings is 1. The topological polar surface area (TPSA) is 119 Å². The van der Waals surface area contributed by atoms with Crippen molar-refractivity contribution in [1.29, 1.82) is 0 Å². The number of esters is 1. The molecule has 5 atom stereocenters. The number of hydrogen-bond donors (Lipinski definition) is 1. The van der Waals surface area contributed by atoms with Gasteiger partial charge in [-0.1, -0.05) is 47.3 Å². The van der Waals surface area contributed by atoms with Crippen molar-refractivity contribution in [3.63, 3.8) is 0 Å². The molecule has 0 spiro atoms. The Balaban J connectivity index is 1.37. The summed E-state index contributed by atoms with van der Waals surface area (Å²) < 4.78 is 14.3. The van der Waals surface area contributed by atoms with Gasteiger partial charge in [0.2, 0.25) is 5.91 Å². The predicted molar refractivity (Wildman–Crippen MR) is 215 cm³/mol. The van der Waals surface area contributed by atoms with Crippen molar-refractivity contribution >= 4 is 40.0 Å². The summed E-state index contributed by atoms with van der Waals surface area (Å²) in [6.45, 7) is 19.9. The number of nitrogens with one attached hydrogen (secondary N) is 1. The fourth-order valence-corrected chi connectivity index (χ4v) is 9.53. The third-order valence-electron chi connectivity index (χ3n) is 12.2. The number of nitrogens with zero attached hydrogens (tertiary/aromatic N) is 5. The van der Waals surface area contributed by atoms with Gasteiger partial charge in [-0.3, -0.25) is 24.6 Å². The van der Waals surface area contributed by atoms with Gasteiger partial charge in [0, 0.05) is 77.8 Å². The van der Waals surface area contributed by atoms with E-state index in [1.165, 1.54) is 17.5 Å². The number of amides is 2. The molecule has 1 aromatic carbocycles. The number of aryl methyl sites for hydroxylation is 1. The monoisotopic (exact) mass is 766 g/mol. The van der Waals surface area contributed by atoms with Crippen LogP contribution in [0.15, 0.2) is 54.7 Å². The maximum absolute atomic E-state index is 14.5. The molecule has 1 saturated heterocycles. The molecule has 55 heavy (non-hydrogen) atoms. The quantitative estimate of drug-likeness (QED) is 0.194. The zero-order valence-corrected chi connectivity index (χ0v) is 34.2. The first-order valence-corrected chi connectivity index (χ1v) is 20.4. The highest BCUT2D eigenvalue weighted by Gasteiger charge is 2.59. The number of hydrazine groups is 1. The third kappa shape index (κ3) is 7.07. The molecule has 3 aliphatic rings. The van der Waals surface area contributed by atoms with E-state index in [4.69, 9.17) is 19.4 Å². The van der Waals surface area contributed by atoms with Crippen LogP contribution in [0.2, 0.25) is 0 Å². The number of methoxy groups -OCH3 is 1. The molecule has 1 aliphatic carbocycles. The molecule has 0 radical (unpaired) electrons. The van der Waals surface area contributed by atoms with Gasteiger partial charge in [0.25, 0.3) is 5.91 Å². The molecule has 11 nitrogen and oxygen atoms in total. The second-order valence-electron chi connectivity index (χ2n) is 16.7. The lowest BCUT2D eigenvalue weighted by atomic mass is 9.84. The molecule has 2 fully saturated rings. The maximum atomic E-state index is 14.5. The number of ether oxygens (including phenoxy) is 2. The number of hydrogen-bond acceptors (Lipinski definition) is 9. The van der Waals surface area contributed by atoms with Crippen LogP contribution in [0.5, 0.6) is 0 Å². The second-order valence-corrected chi connectivity index (χ2v) is 17.7. The Bertz CT molecular complexity index is 2140. The van der Waals surface area contributed by atoms with Crippen molar-refractivity contribution in [2.75, 3.05) is 20.3 Å². The number of benzene rings is 1. The summed E-state index contributed by atoms with van der Waals surface area (Å²) in [5.74, 6) is -0.836.